The molecule has 0 spiro atoms. The fourth-order valence-electron chi connectivity index (χ4n) is 1.75. The Bertz CT molecular complexity index is 382. The number of rotatable bonds is 4. The first-order chi connectivity index (χ1) is 7.59. The monoisotopic (exact) mass is 219 g/mol. The second-order valence-corrected chi connectivity index (χ2v) is 4.36. The lowest BCUT2D eigenvalue weighted by atomic mass is 10.2. The Balaban J connectivity index is 2.11. The number of nitrogens with one attached hydrogen (secondary N) is 1. The van der Waals surface area contributed by atoms with Crippen molar-refractivity contribution in [3.8, 4) is 0 Å². The van der Waals surface area contributed by atoms with Gasteiger partial charge in [-0.05, 0) is 25.7 Å². The van der Waals surface area contributed by atoms with Crippen molar-refractivity contribution in [1.29, 1.82) is 5.41 Å². The van der Waals surface area contributed by atoms with Crippen molar-refractivity contribution in [3.63, 3.8) is 0 Å². The van der Waals surface area contributed by atoms with E-state index in [-0.39, 0.29) is 5.84 Å². The van der Waals surface area contributed by atoms with Crippen LogP contribution < -0.4 is 10.6 Å². The lowest BCUT2D eigenvalue weighted by molar-refractivity contribution is 0.603. The molecule has 1 aliphatic carbocycles. The van der Waals surface area contributed by atoms with Crippen molar-refractivity contribution >= 4 is 11.7 Å². The highest BCUT2D eigenvalue weighted by Crippen LogP contribution is 2.35. The summed E-state index contributed by atoms with van der Waals surface area (Å²) in [5.74, 6) is 1.58. The molecule has 2 rings (SSSR count). The van der Waals surface area contributed by atoms with Gasteiger partial charge >= 0.3 is 0 Å². The zero-order chi connectivity index (χ0) is 11.7. The summed E-state index contributed by atoms with van der Waals surface area (Å²) in [4.78, 5) is 10.5. The average Bonchev–Trinajstić information content (AvgIpc) is 3.11. The molecule has 0 aromatic carbocycles. The van der Waals surface area contributed by atoms with Gasteiger partial charge in [0.05, 0.1) is 12.4 Å². The molecule has 16 heavy (non-hydrogen) atoms. The lowest BCUT2D eigenvalue weighted by Crippen LogP contribution is -2.31. The fourth-order valence-corrected chi connectivity index (χ4v) is 1.75. The Hall–Kier alpha value is -1.65. The molecule has 5 nitrogen and oxygen atoms in total. The van der Waals surface area contributed by atoms with Gasteiger partial charge in [0, 0.05) is 13.1 Å². The van der Waals surface area contributed by atoms with Gasteiger partial charge in [-0.1, -0.05) is 0 Å². The van der Waals surface area contributed by atoms with Crippen LogP contribution in [0.25, 0.3) is 0 Å². The average molecular weight is 219 g/mol. The smallest absolute Gasteiger partial charge is 0.147 e. The summed E-state index contributed by atoms with van der Waals surface area (Å²) in [6.07, 6.45) is 5.85. The van der Waals surface area contributed by atoms with Crippen LogP contribution in [0.3, 0.4) is 0 Å². The van der Waals surface area contributed by atoms with Crippen molar-refractivity contribution in [2.45, 2.75) is 25.8 Å². The van der Waals surface area contributed by atoms with E-state index in [0.717, 1.165) is 11.7 Å². The third-order valence-electron chi connectivity index (χ3n) is 3.19. The normalized spacial score (nSPS) is 16.9. The number of hydrogen-bond donors (Lipinski definition) is 2. The third-order valence-corrected chi connectivity index (χ3v) is 3.19. The van der Waals surface area contributed by atoms with E-state index in [1.807, 2.05) is 7.05 Å². The minimum absolute atomic E-state index is 0.0445. The van der Waals surface area contributed by atoms with Crippen molar-refractivity contribution in [3.05, 3.63) is 18.1 Å². The fraction of sp³-hybridized carbons (Fsp3) is 0.545. The molecule has 1 fully saturated rings. The minimum atomic E-state index is -0.0445. The zero-order valence-corrected chi connectivity index (χ0v) is 9.64. The second-order valence-electron chi connectivity index (χ2n) is 4.36. The van der Waals surface area contributed by atoms with Crippen molar-refractivity contribution in [1.82, 2.24) is 9.97 Å². The van der Waals surface area contributed by atoms with Crippen LogP contribution in [0.4, 0.5) is 5.82 Å². The van der Waals surface area contributed by atoms with Gasteiger partial charge in [0.25, 0.3) is 0 Å². The predicted molar refractivity (Wildman–Crippen MR) is 63.6 cm³/mol. The maximum atomic E-state index is 7.24. The highest BCUT2D eigenvalue weighted by molar-refractivity contribution is 5.92. The van der Waals surface area contributed by atoms with Crippen molar-refractivity contribution in [2.75, 3.05) is 11.9 Å². The van der Waals surface area contributed by atoms with Gasteiger partial charge in [-0.25, -0.2) is 9.97 Å². The van der Waals surface area contributed by atoms with Crippen LogP contribution in [0.1, 0.15) is 25.5 Å². The number of nitrogen functional groups attached to an aromatic ring is 1. The van der Waals surface area contributed by atoms with Gasteiger partial charge in [0.1, 0.15) is 17.3 Å². The molecular weight excluding hydrogens is 202 g/mol. The Morgan fingerprint density at radius 2 is 2.19 bits per heavy atom. The molecule has 1 aromatic heterocycles. The molecule has 1 heterocycles. The Labute approximate surface area is 95.2 Å². The predicted octanol–water partition coefficient (Wildman–Crippen LogP) is 0.995. The summed E-state index contributed by atoms with van der Waals surface area (Å²) in [7, 11) is 2.03. The molecule has 1 atom stereocenters. The molecule has 3 N–H and O–H groups in total. The first-order valence-electron chi connectivity index (χ1n) is 5.49. The molecule has 5 heteroatoms. The summed E-state index contributed by atoms with van der Waals surface area (Å²) in [6.45, 7) is 2.21. The molecule has 1 aliphatic rings. The maximum Gasteiger partial charge on any atom is 0.147 e. The quantitative estimate of drug-likeness (QED) is 0.585. The van der Waals surface area contributed by atoms with Crippen LogP contribution in [0.5, 0.6) is 0 Å². The highest BCUT2D eigenvalue weighted by atomic mass is 15.2. The number of aromatic nitrogens is 2. The largest absolute Gasteiger partial charge is 0.382 e. The topological polar surface area (TPSA) is 78.9 Å². The zero-order valence-electron chi connectivity index (χ0n) is 9.64. The number of nitrogens with zero attached hydrogens (tertiary/aromatic N) is 3. The Morgan fingerprint density at radius 1 is 1.50 bits per heavy atom. The molecule has 0 saturated heterocycles. The first-order valence-corrected chi connectivity index (χ1v) is 5.49. The molecule has 1 unspecified atom stereocenters. The van der Waals surface area contributed by atoms with Gasteiger partial charge < -0.3 is 10.6 Å². The first kappa shape index (κ1) is 10.9. The maximum absolute atomic E-state index is 7.24. The van der Waals surface area contributed by atoms with E-state index in [2.05, 4.69) is 21.8 Å². The number of nitrogens with two attached hydrogens (primary N) is 1. The molecule has 0 radical (unpaired) electrons. The summed E-state index contributed by atoms with van der Waals surface area (Å²) in [5.41, 5.74) is 5.75. The van der Waals surface area contributed by atoms with Gasteiger partial charge in [-0.15, -0.1) is 0 Å². The lowest BCUT2D eigenvalue weighted by Gasteiger charge is -2.25. The van der Waals surface area contributed by atoms with E-state index < -0.39 is 0 Å². The van der Waals surface area contributed by atoms with E-state index in [4.69, 9.17) is 11.1 Å². The van der Waals surface area contributed by atoms with E-state index in [0.29, 0.717) is 11.7 Å². The number of hydrogen-bond acceptors (Lipinski definition) is 4. The van der Waals surface area contributed by atoms with Gasteiger partial charge in [0.15, 0.2) is 0 Å². The van der Waals surface area contributed by atoms with Crippen LogP contribution in [0.15, 0.2) is 12.4 Å². The van der Waals surface area contributed by atoms with Crippen LogP contribution in [0, 0.1) is 11.3 Å². The van der Waals surface area contributed by atoms with Crippen molar-refractivity contribution in [2.24, 2.45) is 11.7 Å². The molecule has 86 valence electrons. The second kappa shape index (κ2) is 4.08. The molecule has 0 aliphatic heterocycles. The molecular formula is C11H17N5. The van der Waals surface area contributed by atoms with Gasteiger partial charge in [-0.2, -0.15) is 0 Å². The summed E-state index contributed by atoms with van der Waals surface area (Å²) in [6, 6.07) is 0.498. The molecule has 0 amide bonds. The van der Waals surface area contributed by atoms with Crippen LogP contribution in [-0.2, 0) is 0 Å². The summed E-state index contributed by atoms with van der Waals surface area (Å²) in [5, 5.41) is 7.24. The molecule has 1 aromatic rings. The van der Waals surface area contributed by atoms with Crippen LogP contribution >= 0.6 is 0 Å². The number of amidine groups is 1. The van der Waals surface area contributed by atoms with Gasteiger partial charge in [0.2, 0.25) is 0 Å². The van der Waals surface area contributed by atoms with E-state index in [9.17, 15) is 0 Å². The van der Waals surface area contributed by atoms with Crippen LogP contribution in [-0.4, -0.2) is 28.9 Å². The Kier molecular flexibility index (Phi) is 2.77. The van der Waals surface area contributed by atoms with Gasteiger partial charge in [-0.3, -0.25) is 5.41 Å². The SMILES string of the molecule is CC(C1CC1)N(C)c1cnc(C(=N)N)cn1. The molecule has 1 saturated carbocycles. The highest BCUT2D eigenvalue weighted by Gasteiger charge is 2.31. The van der Waals surface area contributed by atoms with E-state index in [1.165, 1.54) is 12.8 Å². The number of anilines is 1. The Morgan fingerprint density at radius 3 is 2.62 bits per heavy atom. The van der Waals surface area contributed by atoms with E-state index >= 15 is 0 Å². The van der Waals surface area contributed by atoms with E-state index in [1.54, 1.807) is 12.4 Å². The standard InChI is InChI=1S/C11H17N5/c1-7(8-3-4-8)16(2)10-6-14-9(5-15-10)11(12)13/h5-8H,3-4H2,1-2H3,(H3,12,13). The van der Waals surface area contributed by atoms with Crippen LogP contribution in [0.2, 0.25) is 0 Å². The molecule has 0 bridgehead atoms. The summed E-state index contributed by atoms with van der Waals surface area (Å²) >= 11 is 0. The third kappa shape index (κ3) is 2.13. The van der Waals surface area contributed by atoms with Crippen molar-refractivity contribution < 1.29 is 0 Å². The summed E-state index contributed by atoms with van der Waals surface area (Å²) < 4.78 is 0. The minimum Gasteiger partial charge on any atom is -0.382 e.